The van der Waals surface area contributed by atoms with Gasteiger partial charge in [0.05, 0.1) is 0 Å². The minimum absolute atomic E-state index is 0.0799. The van der Waals surface area contributed by atoms with Crippen molar-refractivity contribution in [3.05, 3.63) is 0 Å². The van der Waals surface area contributed by atoms with Gasteiger partial charge >= 0.3 is 0 Å². The van der Waals surface area contributed by atoms with Crippen LogP contribution in [0, 0.1) is 5.41 Å². The molecule has 1 saturated heterocycles. The third-order valence-electron chi connectivity index (χ3n) is 1.45. The molecule has 1 rings (SSSR count). The van der Waals surface area contributed by atoms with Crippen molar-refractivity contribution in [1.29, 1.82) is 0 Å². The minimum atomic E-state index is -0.0799. The van der Waals surface area contributed by atoms with Crippen molar-refractivity contribution in [2.75, 3.05) is 13.6 Å². The van der Waals surface area contributed by atoms with Gasteiger partial charge in [-0.25, -0.2) is 0 Å². The van der Waals surface area contributed by atoms with Crippen molar-refractivity contribution in [2.45, 2.75) is 33.5 Å². The van der Waals surface area contributed by atoms with E-state index in [1.54, 1.807) is 0 Å². The number of hydrogen-bond acceptors (Lipinski definition) is 3. The topological polar surface area (TPSA) is 27.7 Å². The highest BCUT2D eigenvalue weighted by atomic mass is 16.8. The van der Waals surface area contributed by atoms with Crippen molar-refractivity contribution < 1.29 is 14.2 Å². The fourth-order valence-corrected chi connectivity index (χ4v) is 0.948. The molecule has 0 aromatic carbocycles. The molecule has 1 aliphatic rings. The van der Waals surface area contributed by atoms with Gasteiger partial charge in [0, 0.05) is 6.42 Å². The zero-order valence-electron chi connectivity index (χ0n) is 7.42. The number of hydrogen-bond donors (Lipinski definition) is 0. The lowest BCUT2D eigenvalue weighted by Crippen LogP contribution is -2.30. The molecular weight excluding hydrogens is 144 g/mol. The average Bonchev–Trinajstić information content (AvgIpc) is 1.85. The summed E-state index contributed by atoms with van der Waals surface area (Å²) >= 11 is 0. The Morgan fingerprint density at radius 2 is 1.73 bits per heavy atom. The average molecular weight is 160 g/mol. The lowest BCUT2D eigenvalue weighted by atomic mass is 9.92. The van der Waals surface area contributed by atoms with Gasteiger partial charge in [0.15, 0.2) is 19.9 Å². The Hall–Kier alpha value is -0.120. The molecule has 11 heavy (non-hydrogen) atoms. The summed E-state index contributed by atoms with van der Waals surface area (Å²) in [5.41, 5.74) is 0.252. The molecule has 0 unspecified atom stereocenters. The summed E-state index contributed by atoms with van der Waals surface area (Å²) in [6, 6.07) is 0. The van der Waals surface area contributed by atoms with Gasteiger partial charge in [-0.2, -0.15) is 0 Å². The van der Waals surface area contributed by atoms with Gasteiger partial charge < -0.3 is 14.2 Å². The van der Waals surface area contributed by atoms with Crippen molar-refractivity contribution in [2.24, 2.45) is 5.41 Å². The van der Waals surface area contributed by atoms with Crippen LogP contribution in [0.4, 0.5) is 0 Å². The van der Waals surface area contributed by atoms with Crippen LogP contribution in [0.3, 0.4) is 0 Å². The largest absolute Gasteiger partial charge is 0.329 e. The predicted octanol–water partition coefficient (Wildman–Crippen LogP) is 1.73. The molecule has 0 atom stereocenters. The lowest BCUT2D eigenvalue weighted by Gasteiger charge is -2.28. The maximum atomic E-state index is 5.21. The fraction of sp³-hybridized carbons (Fsp3) is 1.00. The zero-order valence-corrected chi connectivity index (χ0v) is 7.42. The Morgan fingerprint density at radius 1 is 1.18 bits per heavy atom. The molecule has 0 saturated carbocycles. The molecule has 1 heterocycles. The molecule has 3 nitrogen and oxygen atoms in total. The highest BCUT2D eigenvalue weighted by Crippen LogP contribution is 2.23. The second-order valence-corrected chi connectivity index (χ2v) is 3.97. The van der Waals surface area contributed by atoms with Crippen molar-refractivity contribution in [1.82, 2.24) is 0 Å². The first-order chi connectivity index (χ1) is 5.08. The first kappa shape index (κ1) is 8.97. The van der Waals surface area contributed by atoms with Crippen LogP contribution in [-0.4, -0.2) is 19.9 Å². The Balaban J connectivity index is 2.24. The van der Waals surface area contributed by atoms with Crippen LogP contribution in [-0.2, 0) is 14.2 Å². The second-order valence-electron chi connectivity index (χ2n) is 3.97. The first-order valence-electron chi connectivity index (χ1n) is 3.89. The molecule has 0 amide bonds. The van der Waals surface area contributed by atoms with Gasteiger partial charge in [0.2, 0.25) is 0 Å². The van der Waals surface area contributed by atoms with Crippen molar-refractivity contribution >= 4 is 0 Å². The summed E-state index contributed by atoms with van der Waals surface area (Å²) in [6.45, 7) is 7.21. The molecule has 0 spiro atoms. The fourth-order valence-electron chi connectivity index (χ4n) is 0.948. The van der Waals surface area contributed by atoms with Crippen LogP contribution in [0.5, 0.6) is 0 Å². The van der Waals surface area contributed by atoms with Crippen molar-refractivity contribution in [3.8, 4) is 0 Å². The Kier molecular flexibility index (Phi) is 2.87. The number of ether oxygens (including phenoxy) is 3. The van der Waals surface area contributed by atoms with E-state index in [1.807, 2.05) is 0 Å². The number of rotatable bonds is 1. The molecule has 0 aromatic rings. The van der Waals surface area contributed by atoms with E-state index >= 15 is 0 Å². The maximum absolute atomic E-state index is 5.21. The summed E-state index contributed by atoms with van der Waals surface area (Å²) in [7, 11) is 0. The highest BCUT2D eigenvalue weighted by molar-refractivity contribution is 4.63. The van der Waals surface area contributed by atoms with Crippen LogP contribution in [0.1, 0.15) is 27.2 Å². The van der Waals surface area contributed by atoms with Crippen LogP contribution >= 0.6 is 0 Å². The van der Waals surface area contributed by atoms with Crippen LogP contribution in [0.2, 0.25) is 0 Å². The van der Waals surface area contributed by atoms with Gasteiger partial charge in [-0.3, -0.25) is 0 Å². The van der Waals surface area contributed by atoms with E-state index in [9.17, 15) is 0 Å². The Morgan fingerprint density at radius 3 is 2.18 bits per heavy atom. The van der Waals surface area contributed by atoms with Gasteiger partial charge in [-0.05, 0) is 5.41 Å². The van der Waals surface area contributed by atoms with Crippen LogP contribution < -0.4 is 0 Å². The van der Waals surface area contributed by atoms with Gasteiger partial charge in [-0.15, -0.1) is 0 Å². The molecule has 0 bridgehead atoms. The van der Waals surface area contributed by atoms with E-state index in [0.717, 1.165) is 6.42 Å². The summed E-state index contributed by atoms with van der Waals surface area (Å²) < 4.78 is 15.3. The zero-order chi connectivity index (χ0) is 8.32. The molecule has 0 N–H and O–H groups in total. The normalized spacial score (nSPS) is 22.1. The summed E-state index contributed by atoms with van der Waals surface area (Å²) in [5, 5.41) is 0. The van der Waals surface area contributed by atoms with E-state index in [0.29, 0.717) is 13.6 Å². The third kappa shape index (κ3) is 3.70. The lowest BCUT2D eigenvalue weighted by molar-refractivity contribution is -0.305. The van der Waals surface area contributed by atoms with E-state index < -0.39 is 0 Å². The molecule has 1 aliphatic heterocycles. The molecule has 66 valence electrons. The monoisotopic (exact) mass is 160 g/mol. The predicted molar refractivity (Wildman–Crippen MR) is 40.8 cm³/mol. The van der Waals surface area contributed by atoms with Gasteiger partial charge in [-0.1, -0.05) is 20.8 Å². The van der Waals surface area contributed by atoms with Crippen molar-refractivity contribution in [3.63, 3.8) is 0 Å². The van der Waals surface area contributed by atoms with Gasteiger partial charge in [0.25, 0.3) is 0 Å². The second kappa shape index (κ2) is 3.52. The molecule has 1 fully saturated rings. The molecule has 0 aliphatic carbocycles. The standard InChI is InChI=1S/C8H16O3/c1-8(2,3)4-7-10-5-9-6-11-7/h7H,4-6H2,1-3H3. The minimum Gasteiger partial charge on any atom is -0.329 e. The van der Waals surface area contributed by atoms with E-state index in [1.165, 1.54) is 0 Å². The van der Waals surface area contributed by atoms with E-state index in [2.05, 4.69) is 20.8 Å². The summed E-state index contributed by atoms with van der Waals surface area (Å²) in [4.78, 5) is 0. The maximum Gasteiger partial charge on any atom is 0.163 e. The quantitative estimate of drug-likeness (QED) is 0.584. The van der Waals surface area contributed by atoms with E-state index in [-0.39, 0.29) is 11.7 Å². The third-order valence-corrected chi connectivity index (χ3v) is 1.45. The highest BCUT2D eigenvalue weighted by Gasteiger charge is 2.21. The Bertz CT molecular complexity index is 111. The molecule has 0 aromatic heterocycles. The van der Waals surface area contributed by atoms with E-state index in [4.69, 9.17) is 14.2 Å². The van der Waals surface area contributed by atoms with Gasteiger partial charge in [0.1, 0.15) is 0 Å². The SMILES string of the molecule is CC(C)(C)CC1OCOCO1. The van der Waals surface area contributed by atoms with Crippen LogP contribution in [0.25, 0.3) is 0 Å². The first-order valence-corrected chi connectivity index (χ1v) is 3.89. The summed E-state index contributed by atoms with van der Waals surface area (Å²) in [5.74, 6) is 0. The molecule has 0 radical (unpaired) electrons. The molecular formula is C8H16O3. The molecule has 3 heteroatoms. The summed E-state index contributed by atoms with van der Waals surface area (Å²) in [6.07, 6.45) is 0.833. The Labute approximate surface area is 67.6 Å². The smallest absolute Gasteiger partial charge is 0.163 e. The van der Waals surface area contributed by atoms with Crippen LogP contribution in [0.15, 0.2) is 0 Å².